The van der Waals surface area contributed by atoms with E-state index in [-0.39, 0.29) is 36.6 Å². The molecule has 0 saturated carbocycles. The number of halogens is 2. The van der Waals surface area contributed by atoms with Crippen LogP contribution in [0.5, 0.6) is 0 Å². The number of nitrogens with one attached hydrogen (secondary N) is 2. The highest BCUT2D eigenvalue weighted by atomic mass is 35.5. The molecule has 23 heavy (non-hydrogen) atoms. The first-order valence-electron chi connectivity index (χ1n) is 7.20. The molecule has 3 rings (SSSR count). The van der Waals surface area contributed by atoms with E-state index in [0.717, 1.165) is 30.6 Å². The summed E-state index contributed by atoms with van der Waals surface area (Å²) in [5.41, 5.74) is 2.27. The largest absolute Gasteiger partial charge is 0.352 e. The maximum Gasteiger partial charge on any atom is 0.224 e. The van der Waals surface area contributed by atoms with Crippen molar-refractivity contribution in [1.82, 2.24) is 25.4 Å². The Morgan fingerprint density at radius 2 is 2.00 bits per heavy atom. The molecule has 126 valence electrons. The van der Waals surface area contributed by atoms with Gasteiger partial charge in [0.15, 0.2) is 0 Å². The lowest BCUT2D eigenvalue weighted by atomic mass is 10.1. The summed E-state index contributed by atoms with van der Waals surface area (Å²) in [4.78, 5) is 15.8. The molecule has 1 atom stereocenters. The monoisotopic (exact) mass is 357 g/mol. The molecule has 6 nitrogen and oxygen atoms in total. The number of nitrogens with zero attached hydrogens (tertiary/aromatic N) is 3. The quantitative estimate of drug-likeness (QED) is 0.848. The van der Waals surface area contributed by atoms with Gasteiger partial charge in [-0.1, -0.05) is 24.3 Å². The molecule has 1 amide bonds. The van der Waals surface area contributed by atoms with Crippen LogP contribution in [0.1, 0.15) is 17.5 Å². The molecule has 1 saturated heterocycles. The molecule has 1 unspecified atom stereocenters. The molecule has 2 heterocycles. The van der Waals surface area contributed by atoms with Gasteiger partial charge in [0.1, 0.15) is 12.7 Å². The maximum absolute atomic E-state index is 11.9. The van der Waals surface area contributed by atoms with Crippen LogP contribution in [0.2, 0.25) is 0 Å². The second-order valence-corrected chi connectivity index (χ2v) is 5.32. The lowest BCUT2D eigenvalue weighted by Gasteiger charge is -2.10. The van der Waals surface area contributed by atoms with E-state index in [0.29, 0.717) is 13.1 Å². The first-order chi connectivity index (χ1) is 10.3. The van der Waals surface area contributed by atoms with Crippen molar-refractivity contribution in [3.63, 3.8) is 0 Å². The van der Waals surface area contributed by atoms with E-state index < -0.39 is 0 Å². The Hall–Kier alpha value is -1.63. The van der Waals surface area contributed by atoms with Gasteiger partial charge < -0.3 is 10.6 Å². The summed E-state index contributed by atoms with van der Waals surface area (Å²) in [5.74, 6) is 0.267. The second kappa shape index (κ2) is 9.50. The number of aromatic nitrogens is 3. The Morgan fingerprint density at radius 1 is 1.26 bits per heavy atom. The van der Waals surface area contributed by atoms with Crippen LogP contribution in [0.15, 0.2) is 36.9 Å². The minimum absolute atomic E-state index is 0. The summed E-state index contributed by atoms with van der Waals surface area (Å²) >= 11 is 0. The van der Waals surface area contributed by atoms with Gasteiger partial charge in [0.2, 0.25) is 5.91 Å². The van der Waals surface area contributed by atoms with Gasteiger partial charge in [-0.05, 0) is 24.1 Å². The molecule has 2 aromatic rings. The zero-order chi connectivity index (χ0) is 14.5. The van der Waals surface area contributed by atoms with Crippen molar-refractivity contribution in [2.75, 3.05) is 13.1 Å². The first kappa shape index (κ1) is 19.4. The van der Waals surface area contributed by atoms with Crippen LogP contribution in [-0.2, 0) is 17.9 Å². The van der Waals surface area contributed by atoms with E-state index >= 15 is 0 Å². The molecule has 0 spiro atoms. The van der Waals surface area contributed by atoms with Gasteiger partial charge in [0, 0.05) is 13.1 Å². The smallest absolute Gasteiger partial charge is 0.224 e. The van der Waals surface area contributed by atoms with Crippen molar-refractivity contribution in [1.29, 1.82) is 0 Å². The summed E-state index contributed by atoms with van der Waals surface area (Å²) < 4.78 is 1.78. The van der Waals surface area contributed by atoms with E-state index in [1.54, 1.807) is 11.0 Å². The fourth-order valence-electron chi connectivity index (χ4n) is 2.48. The summed E-state index contributed by atoms with van der Waals surface area (Å²) in [6, 6.07) is 8.19. The minimum Gasteiger partial charge on any atom is -0.352 e. The molecule has 1 fully saturated rings. The van der Waals surface area contributed by atoms with Crippen LogP contribution in [0.3, 0.4) is 0 Å². The van der Waals surface area contributed by atoms with Gasteiger partial charge in [-0.3, -0.25) is 4.79 Å². The first-order valence-corrected chi connectivity index (χ1v) is 7.20. The fraction of sp³-hybridized carbons (Fsp3) is 0.400. The number of carbonyl (C=O) groups excluding carboxylic acids is 1. The molecule has 1 aliphatic rings. The standard InChI is InChI=1S/C15H19N5O.2ClH/c21-15(14-5-6-16-8-14)18-7-12-1-3-13(4-2-12)9-20-11-17-10-19-20;;/h1-4,10-11,14,16H,5-9H2,(H,18,21);2*1H. The SMILES string of the molecule is Cl.Cl.O=C(NCc1ccc(Cn2cncn2)cc1)C1CCNC1. The van der Waals surface area contributed by atoms with Crippen molar-refractivity contribution < 1.29 is 4.79 Å². The molecule has 2 N–H and O–H groups in total. The van der Waals surface area contributed by atoms with E-state index in [1.165, 1.54) is 6.33 Å². The van der Waals surface area contributed by atoms with Crippen LogP contribution >= 0.6 is 24.8 Å². The zero-order valence-corrected chi connectivity index (χ0v) is 14.3. The molecular formula is C15H21Cl2N5O. The third-order valence-electron chi connectivity index (χ3n) is 3.73. The third-order valence-corrected chi connectivity index (χ3v) is 3.73. The fourth-order valence-corrected chi connectivity index (χ4v) is 2.48. The van der Waals surface area contributed by atoms with Gasteiger partial charge in [-0.2, -0.15) is 5.10 Å². The molecule has 8 heteroatoms. The van der Waals surface area contributed by atoms with E-state index in [4.69, 9.17) is 0 Å². The van der Waals surface area contributed by atoms with Crippen molar-refractivity contribution >= 4 is 30.7 Å². The highest BCUT2D eigenvalue weighted by Gasteiger charge is 2.21. The molecule has 1 aromatic heterocycles. The Balaban J connectivity index is 0.00000132. The summed E-state index contributed by atoms with van der Waals surface area (Å²) in [7, 11) is 0. The molecule has 0 aliphatic carbocycles. The predicted octanol–water partition coefficient (Wildman–Crippen LogP) is 1.40. The van der Waals surface area contributed by atoms with Crippen molar-refractivity contribution in [3.05, 3.63) is 48.0 Å². The molecule has 0 bridgehead atoms. The van der Waals surface area contributed by atoms with Crippen molar-refractivity contribution in [2.45, 2.75) is 19.5 Å². The number of carbonyl (C=O) groups is 1. The van der Waals surface area contributed by atoms with E-state index in [9.17, 15) is 4.79 Å². The highest BCUT2D eigenvalue weighted by molar-refractivity contribution is 5.85. The summed E-state index contributed by atoms with van der Waals surface area (Å²) in [6.45, 7) is 3.02. The van der Waals surface area contributed by atoms with Gasteiger partial charge in [0.25, 0.3) is 0 Å². The van der Waals surface area contributed by atoms with Crippen LogP contribution < -0.4 is 10.6 Å². The topological polar surface area (TPSA) is 71.8 Å². The number of hydrogen-bond donors (Lipinski definition) is 2. The highest BCUT2D eigenvalue weighted by Crippen LogP contribution is 2.09. The Labute approximate surface area is 147 Å². The lowest BCUT2D eigenvalue weighted by Crippen LogP contribution is -2.31. The van der Waals surface area contributed by atoms with Crippen LogP contribution in [0.25, 0.3) is 0 Å². The van der Waals surface area contributed by atoms with Crippen LogP contribution in [0, 0.1) is 5.92 Å². The number of benzene rings is 1. The lowest BCUT2D eigenvalue weighted by molar-refractivity contribution is -0.124. The van der Waals surface area contributed by atoms with E-state index in [2.05, 4.69) is 32.8 Å². The van der Waals surface area contributed by atoms with Crippen molar-refractivity contribution in [3.8, 4) is 0 Å². The molecule has 1 aliphatic heterocycles. The molecule has 1 aromatic carbocycles. The summed E-state index contributed by atoms with van der Waals surface area (Å²) in [5, 5.41) is 10.3. The molecule has 0 radical (unpaired) electrons. The second-order valence-electron chi connectivity index (χ2n) is 5.32. The Kier molecular flexibility index (Phi) is 8.02. The molecular weight excluding hydrogens is 337 g/mol. The average molecular weight is 358 g/mol. The Morgan fingerprint density at radius 3 is 2.61 bits per heavy atom. The van der Waals surface area contributed by atoms with Crippen LogP contribution in [0.4, 0.5) is 0 Å². The van der Waals surface area contributed by atoms with Gasteiger partial charge >= 0.3 is 0 Å². The summed E-state index contributed by atoms with van der Waals surface area (Å²) in [6.07, 6.45) is 4.16. The number of amides is 1. The number of hydrogen-bond acceptors (Lipinski definition) is 4. The van der Waals surface area contributed by atoms with Gasteiger partial charge in [-0.25, -0.2) is 9.67 Å². The van der Waals surface area contributed by atoms with Gasteiger partial charge in [-0.15, -0.1) is 24.8 Å². The van der Waals surface area contributed by atoms with Crippen molar-refractivity contribution in [2.24, 2.45) is 5.92 Å². The predicted molar refractivity (Wildman–Crippen MR) is 92.9 cm³/mol. The average Bonchev–Trinajstić information content (AvgIpc) is 3.19. The normalized spacial score (nSPS) is 16.3. The van der Waals surface area contributed by atoms with E-state index in [1.807, 2.05) is 12.1 Å². The Bertz CT molecular complexity index is 582. The third kappa shape index (κ3) is 5.49. The van der Waals surface area contributed by atoms with Crippen LogP contribution in [-0.4, -0.2) is 33.8 Å². The zero-order valence-electron chi connectivity index (χ0n) is 12.6. The minimum atomic E-state index is 0. The maximum atomic E-state index is 11.9. The number of rotatable bonds is 5. The van der Waals surface area contributed by atoms with Gasteiger partial charge in [0.05, 0.1) is 12.5 Å².